The van der Waals surface area contributed by atoms with E-state index in [1.165, 1.54) is 6.07 Å². The van der Waals surface area contributed by atoms with Crippen LogP contribution in [0.3, 0.4) is 0 Å². The average molecular weight is 238 g/mol. The van der Waals surface area contributed by atoms with Crippen LogP contribution in [0, 0.1) is 17.7 Å². The molecular formula is C14H19FO2. The lowest BCUT2D eigenvalue weighted by atomic mass is 9.89. The molecule has 3 heteroatoms. The highest BCUT2D eigenvalue weighted by Crippen LogP contribution is 2.21. The van der Waals surface area contributed by atoms with E-state index >= 15 is 0 Å². The van der Waals surface area contributed by atoms with Crippen LogP contribution in [0.2, 0.25) is 0 Å². The first-order valence-corrected chi connectivity index (χ1v) is 6.00. The van der Waals surface area contributed by atoms with E-state index in [0.717, 1.165) is 6.42 Å². The van der Waals surface area contributed by atoms with Crippen molar-refractivity contribution in [2.75, 3.05) is 0 Å². The van der Waals surface area contributed by atoms with Gasteiger partial charge in [0.05, 0.1) is 5.92 Å². The van der Waals surface area contributed by atoms with Gasteiger partial charge < -0.3 is 5.11 Å². The maximum absolute atomic E-state index is 13.4. The van der Waals surface area contributed by atoms with E-state index in [4.69, 9.17) is 5.11 Å². The predicted molar refractivity (Wildman–Crippen MR) is 65.3 cm³/mol. The molecule has 0 bridgehead atoms. The lowest BCUT2D eigenvalue weighted by Crippen LogP contribution is -2.19. The topological polar surface area (TPSA) is 37.3 Å². The summed E-state index contributed by atoms with van der Waals surface area (Å²) in [7, 11) is 0. The first kappa shape index (κ1) is 13.7. The van der Waals surface area contributed by atoms with Gasteiger partial charge in [-0.1, -0.05) is 38.5 Å². The molecule has 0 aliphatic rings. The summed E-state index contributed by atoms with van der Waals surface area (Å²) in [4.78, 5) is 11.1. The van der Waals surface area contributed by atoms with Crippen molar-refractivity contribution in [3.05, 3.63) is 35.6 Å². The van der Waals surface area contributed by atoms with Crippen LogP contribution in [0.15, 0.2) is 24.3 Å². The monoisotopic (exact) mass is 238 g/mol. The molecule has 0 aliphatic heterocycles. The van der Waals surface area contributed by atoms with E-state index in [2.05, 4.69) is 0 Å². The third kappa shape index (κ3) is 4.17. The Balaban J connectivity index is 2.74. The summed E-state index contributed by atoms with van der Waals surface area (Å²) >= 11 is 0. The number of hydrogen-bond donors (Lipinski definition) is 1. The van der Waals surface area contributed by atoms with Crippen molar-refractivity contribution in [3.63, 3.8) is 0 Å². The van der Waals surface area contributed by atoms with E-state index in [9.17, 15) is 9.18 Å². The molecule has 0 spiro atoms. The van der Waals surface area contributed by atoms with Crippen molar-refractivity contribution in [2.24, 2.45) is 11.8 Å². The SMILES string of the molecule is CCC(C)CC(Cc1ccccc1F)C(=O)O. The van der Waals surface area contributed by atoms with Gasteiger partial charge in [0.15, 0.2) is 0 Å². The Labute approximate surface area is 101 Å². The second-order valence-electron chi connectivity index (χ2n) is 4.58. The molecule has 1 aromatic carbocycles. The van der Waals surface area contributed by atoms with Gasteiger partial charge in [0, 0.05) is 0 Å². The Hall–Kier alpha value is -1.38. The molecule has 0 radical (unpaired) electrons. The van der Waals surface area contributed by atoms with Gasteiger partial charge in [0.25, 0.3) is 0 Å². The van der Waals surface area contributed by atoms with Gasteiger partial charge in [-0.05, 0) is 30.4 Å². The number of benzene rings is 1. The van der Waals surface area contributed by atoms with Crippen LogP contribution in [0.5, 0.6) is 0 Å². The highest BCUT2D eigenvalue weighted by molar-refractivity contribution is 5.70. The molecule has 1 N–H and O–H groups in total. The van der Waals surface area contributed by atoms with Gasteiger partial charge in [0.2, 0.25) is 0 Å². The maximum Gasteiger partial charge on any atom is 0.306 e. The van der Waals surface area contributed by atoms with E-state index in [1.807, 2.05) is 13.8 Å². The third-order valence-corrected chi connectivity index (χ3v) is 3.16. The zero-order chi connectivity index (χ0) is 12.8. The number of carboxylic acids is 1. The van der Waals surface area contributed by atoms with Crippen molar-refractivity contribution >= 4 is 5.97 Å². The molecular weight excluding hydrogens is 219 g/mol. The maximum atomic E-state index is 13.4. The first-order chi connectivity index (χ1) is 8.04. The summed E-state index contributed by atoms with van der Waals surface area (Å²) in [6.45, 7) is 4.06. The number of hydrogen-bond acceptors (Lipinski definition) is 1. The average Bonchev–Trinajstić information content (AvgIpc) is 2.30. The number of carbonyl (C=O) groups is 1. The number of halogens is 1. The predicted octanol–water partition coefficient (Wildman–Crippen LogP) is 3.51. The van der Waals surface area contributed by atoms with Crippen LogP contribution in [0.25, 0.3) is 0 Å². The molecule has 2 unspecified atom stereocenters. The fourth-order valence-corrected chi connectivity index (χ4v) is 1.85. The van der Waals surface area contributed by atoms with Gasteiger partial charge in [-0.15, -0.1) is 0 Å². The summed E-state index contributed by atoms with van der Waals surface area (Å²) < 4.78 is 13.4. The van der Waals surface area contributed by atoms with Crippen molar-refractivity contribution in [2.45, 2.75) is 33.1 Å². The summed E-state index contributed by atoms with van der Waals surface area (Å²) in [5.41, 5.74) is 0.489. The quantitative estimate of drug-likeness (QED) is 0.823. The van der Waals surface area contributed by atoms with Crippen molar-refractivity contribution < 1.29 is 14.3 Å². The van der Waals surface area contributed by atoms with Crippen LogP contribution >= 0.6 is 0 Å². The minimum absolute atomic E-state index is 0.270. The van der Waals surface area contributed by atoms with Crippen LogP contribution in [0.1, 0.15) is 32.3 Å². The zero-order valence-corrected chi connectivity index (χ0v) is 10.3. The molecule has 0 aliphatic carbocycles. The van der Waals surface area contributed by atoms with Crippen LogP contribution < -0.4 is 0 Å². The fraction of sp³-hybridized carbons (Fsp3) is 0.500. The minimum atomic E-state index is -0.839. The highest BCUT2D eigenvalue weighted by atomic mass is 19.1. The molecule has 0 heterocycles. The molecule has 0 fully saturated rings. The van der Waals surface area contributed by atoms with E-state index in [1.54, 1.807) is 18.2 Å². The van der Waals surface area contributed by atoms with Gasteiger partial charge >= 0.3 is 5.97 Å². The van der Waals surface area contributed by atoms with Gasteiger partial charge in [-0.2, -0.15) is 0 Å². The zero-order valence-electron chi connectivity index (χ0n) is 10.3. The van der Waals surface area contributed by atoms with Gasteiger partial charge in [-0.3, -0.25) is 4.79 Å². The summed E-state index contributed by atoms with van der Waals surface area (Å²) in [5.74, 6) is -1.30. The van der Waals surface area contributed by atoms with Gasteiger partial charge in [-0.25, -0.2) is 4.39 Å². The van der Waals surface area contributed by atoms with E-state index in [0.29, 0.717) is 17.9 Å². The molecule has 1 aromatic rings. The number of aliphatic carboxylic acids is 1. The summed E-state index contributed by atoms with van der Waals surface area (Å²) in [6, 6.07) is 6.38. The lowest BCUT2D eigenvalue weighted by Gasteiger charge is -2.16. The Bertz CT molecular complexity index is 376. The molecule has 2 atom stereocenters. The van der Waals surface area contributed by atoms with Crippen molar-refractivity contribution in [1.82, 2.24) is 0 Å². The van der Waals surface area contributed by atoms with Crippen molar-refractivity contribution in [1.29, 1.82) is 0 Å². The molecule has 0 amide bonds. The number of carboxylic acid groups (broad SMARTS) is 1. The molecule has 17 heavy (non-hydrogen) atoms. The Morgan fingerprint density at radius 3 is 2.59 bits per heavy atom. The van der Waals surface area contributed by atoms with Crippen LogP contribution in [0.4, 0.5) is 4.39 Å². The molecule has 1 rings (SSSR count). The lowest BCUT2D eigenvalue weighted by molar-refractivity contribution is -0.142. The highest BCUT2D eigenvalue weighted by Gasteiger charge is 2.21. The second-order valence-corrected chi connectivity index (χ2v) is 4.58. The first-order valence-electron chi connectivity index (χ1n) is 6.00. The summed E-state index contributed by atoms with van der Waals surface area (Å²) in [6.07, 6.45) is 1.81. The van der Waals surface area contributed by atoms with E-state index < -0.39 is 11.9 Å². The Morgan fingerprint density at radius 1 is 1.41 bits per heavy atom. The van der Waals surface area contributed by atoms with Crippen LogP contribution in [-0.4, -0.2) is 11.1 Å². The smallest absolute Gasteiger partial charge is 0.306 e. The summed E-state index contributed by atoms with van der Waals surface area (Å²) in [5, 5.41) is 9.15. The van der Waals surface area contributed by atoms with Crippen molar-refractivity contribution in [3.8, 4) is 0 Å². The largest absolute Gasteiger partial charge is 0.481 e. The molecule has 2 nitrogen and oxygen atoms in total. The second kappa shape index (κ2) is 6.38. The minimum Gasteiger partial charge on any atom is -0.481 e. The molecule has 0 saturated carbocycles. The van der Waals surface area contributed by atoms with Gasteiger partial charge in [0.1, 0.15) is 5.82 Å². The molecule has 0 aromatic heterocycles. The fourth-order valence-electron chi connectivity index (χ4n) is 1.85. The normalized spacial score (nSPS) is 14.3. The Kier molecular flexibility index (Phi) is 5.13. The van der Waals surface area contributed by atoms with E-state index in [-0.39, 0.29) is 12.2 Å². The van der Waals surface area contributed by atoms with Crippen LogP contribution in [-0.2, 0) is 11.2 Å². The molecule has 94 valence electrons. The number of rotatable bonds is 6. The Morgan fingerprint density at radius 2 is 2.06 bits per heavy atom. The standard InChI is InChI=1S/C14H19FO2/c1-3-10(2)8-12(14(16)17)9-11-6-4-5-7-13(11)15/h4-7,10,12H,3,8-9H2,1-2H3,(H,16,17). The third-order valence-electron chi connectivity index (χ3n) is 3.16. The molecule has 0 saturated heterocycles.